The van der Waals surface area contributed by atoms with Gasteiger partial charge in [0.2, 0.25) is 0 Å². The fraction of sp³-hybridized carbons (Fsp3) is 0.500. The van der Waals surface area contributed by atoms with E-state index in [4.69, 9.17) is 17.3 Å². The summed E-state index contributed by atoms with van der Waals surface area (Å²) in [5.74, 6) is -0.434. The molecule has 1 aliphatic carbocycles. The standard InChI is InChI=1S/C12H14ClF2N/c13-10-3-4-11(14)8(5-10)6-12(15,7-16)9-1-2-9/h3-5,9H,1-2,6-7,16H2. The van der Waals surface area contributed by atoms with Gasteiger partial charge >= 0.3 is 0 Å². The third-order valence-electron chi connectivity index (χ3n) is 3.14. The summed E-state index contributed by atoms with van der Waals surface area (Å²) in [6.07, 6.45) is 1.70. The van der Waals surface area contributed by atoms with Crippen molar-refractivity contribution in [2.75, 3.05) is 6.54 Å². The predicted molar refractivity (Wildman–Crippen MR) is 60.7 cm³/mol. The van der Waals surface area contributed by atoms with E-state index in [9.17, 15) is 8.78 Å². The summed E-state index contributed by atoms with van der Waals surface area (Å²) in [6.45, 7) is -0.0659. The van der Waals surface area contributed by atoms with Crippen molar-refractivity contribution in [1.29, 1.82) is 0 Å². The minimum atomic E-state index is -1.48. The lowest BCUT2D eigenvalue weighted by atomic mass is 9.91. The van der Waals surface area contributed by atoms with Crippen LogP contribution in [0, 0.1) is 11.7 Å². The molecule has 1 aliphatic rings. The van der Waals surface area contributed by atoms with Crippen molar-refractivity contribution in [2.24, 2.45) is 11.7 Å². The van der Waals surface area contributed by atoms with Gasteiger partial charge in [-0.2, -0.15) is 0 Å². The highest BCUT2D eigenvalue weighted by Gasteiger charge is 2.45. The molecule has 0 saturated heterocycles. The number of hydrogen-bond donors (Lipinski definition) is 1. The first-order valence-electron chi connectivity index (χ1n) is 5.38. The third kappa shape index (κ3) is 2.36. The Morgan fingerprint density at radius 1 is 1.44 bits per heavy atom. The van der Waals surface area contributed by atoms with E-state index in [1.165, 1.54) is 18.2 Å². The second-order valence-electron chi connectivity index (χ2n) is 4.43. The molecule has 0 aliphatic heterocycles. The first-order valence-corrected chi connectivity index (χ1v) is 5.76. The maximum atomic E-state index is 14.4. The highest BCUT2D eigenvalue weighted by Crippen LogP contribution is 2.43. The Bertz CT molecular complexity index is 393. The zero-order valence-corrected chi connectivity index (χ0v) is 9.61. The minimum Gasteiger partial charge on any atom is -0.328 e. The van der Waals surface area contributed by atoms with E-state index < -0.39 is 11.5 Å². The van der Waals surface area contributed by atoms with E-state index >= 15 is 0 Å². The van der Waals surface area contributed by atoms with Crippen LogP contribution in [0.3, 0.4) is 0 Å². The number of rotatable bonds is 4. The monoisotopic (exact) mass is 245 g/mol. The fourth-order valence-electron chi connectivity index (χ4n) is 1.98. The van der Waals surface area contributed by atoms with E-state index in [1.807, 2.05) is 0 Å². The molecule has 88 valence electrons. The molecular formula is C12H14ClF2N. The SMILES string of the molecule is NCC(F)(Cc1cc(Cl)ccc1F)C1CC1. The van der Waals surface area contributed by atoms with Crippen LogP contribution in [0.5, 0.6) is 0 Å². The van der Waals surface area contributed by atoms with Crippen LogP contribution in [0.2, 0.25) is 5.02 Å². The minimum absolute atomic E-state index is 0.0144. The maximum Gasteiger partial charge on any atom is 0.130 e. The van der Waals surface area contributed by atoms with Crippen molar-refractivity contribution in [2.45, 2.75) is 24.9 Å². The molecule has 0 heterocycles. The molecular weight excluding hydrogens is 232 g/mol. The zero-order chi connectivity index (χ0) is 11.8. The van der Waals surface area contributed by atoms with Crippen LogP contribution in [0.15, 0.2) is 18.2 Å². The van der Waals surface area contributed by atoms with Crippen LogP contribution in [0.4, 0.5) is 8.78 Å². The Kier molecular flexibility index (Phi) is 3.17. The Labute approximate surface area is 98.6 Å². The lowest BCUT2D eigenvalue weighted by Crippen LogP contribution is -2.38. The van der Waals surface area contributed by atoms with Crippen molar-refractivity contribution in [3.05, 3.63) is 34.6 Å². The normalized spacial score (nSPS) is 19.5. The Morgan fingerprint density at radius 2 is 2.12 bits per heavy atom. The summed E-state index contributed by atoms with van der Waals surface area (Å²) in [4.78, 5) is 0. The molecule has 2 rings (SSSR count). The Morgan fingerprint density at radius 3 is 2.69 bits per heavy atom. The summed E-state index contributed by atoms with van der Waals surface area (Å²) in [5.41, 5.74) is 4.29. The average Bonchev–Trinajstić information content (AvgIpc) is 3.07. The van der Waals surface area contributed by atoms with Gasteiger partial charge in [-0.25, -0.2) is 8.78 Å². The van der Waals surface area contributed by atoms with E-state index in [1.54, 1.807) is 0 Å². The molecule has 1 nitrogen and oxygen atoms in total. The molecule has 2 N–H and O–H groups in total. The summed E-state index contributed by atoms with van der Waals surface area (Å²) in [5, 5.41) is 0.423. The van der Waals surface area contributed by atoms with Gasteiger partial charge in [0.25, 0.3) is 0 Å². The molecule has 16 heavy (non-hydrogen) atoms. The van der Waals surface area contributed by atoms with E-state index in [2.05, 4.69) is 0 Å². The summed E-state index contributed by atoms with van der Waals surface area (Å²) in [6, 6.07) is 4.20. The molecule has 1 atom stereocenters. The Balaban J connectivity index is 2.21. The quantitative estimate of drug-likeness (QED) is 0.867. The highest BCUT2D eigenvalue weighted by molar-refractivity contribution is 6.30. The van der Waals surface area contributed by atoms with Crippen molar-refractivity contribution >= 4 is 11.6 Å². The van der Waals surface area contributed by atoms with Crippen molar-refractivity contribution in [3.63, 3.8) is 0 Å². The van der Waals surface area contributed by atoms with Crippen LogP contribution < -0.4 is 5.73 Å². The summed E-state index contributed by atoms with van der Waals surface area (Å²) >= 11 is 5.76. The number of benzene rings is 1. The smallest absolute Gasteiger partial charge is 0.130 e. The van der Waals surface area contributed by atoms with E-state index in [-0.39, 0.29) is 18.9 Å². The molecule has 1 fully saturated rings. The summed E-state index contributed by atoms with van der Waals surface area (Å²) in [7, 11) is 0. The van der Waals surface area contributed by atoms with Gasteiger partial charge in [-0.1, -0.05) is 11.6 Å². The molecule has 0 amide bonds. The van der Waals surface area contributed by atoms with Crippen LogP contribution in [-0.4, -0.2) is 12.2 Å². The van der Waals surface area contributed by atoms with Gasteiger partial charge in [0, 0.05) is 18.0 Å². The van der Waals surface area contributed by atoms with Crippen LogP contribution in [0.25, 0.3) is 0 Å². The van der Waals surface area contributed by atoms with Gasteiger partial charge in [-0.05, 0) is 42.5 Å². The predicted octanol–water partition coefficient (Wildman–Crippen LogP) is 3.10. The van der Waals surface area contributed by atoms with Crippen LogP contribution in [0.1, 0.15) is 18.4 Å². The highest BCUT2D eigenvalue weighted by atomic mass is 35.5. The van der Waals surface area contributed by atoms with Gasteiger partial charge in [0.05, 0.1) is 0 Å². The second-order valence-corrected chi connectivity index (χ2v) is 4.86. The van der Waals surface area contributed by atoms with Crippen molar-refractivity contribution < 1.29 is 8.78 Å². The Hall–Kier alpha value is -0.670. The van der Waals surface area contributed by atoms with Gasteiger partial charge in [-0.15, -0.1) is 0 Å². The topological polar surface area (TPSA) is 26.0 Å². The van der Waals surface area contributed by atoms with Crippen molar-refractivity contribution in [1.82, 2.24) is 0 Å². The van der Waals surface area contributed by atoms with Gasteiger partial charge in [0.15, 0.2) is 0 Å². The number of nitrogens with two attached hydrogens (primary N) is 1. The van der Waals surface area contributed by atoms with Crippen LogP contribution in [-0.2, 0) is 6.42 Å². The molecule has 1 saturated carbocycles. The van der Waals surface area contributed by atoms with Gasteiger partial charge in [0.1, 0.15) is 11.5 Å². The largest absolute Gasteiger partial charge is 0.328 e. The first kappa shape index (κ1) is 11.8. The van der Waals surface area contributed by atoms with Gasteiger partial charge < -0.3 is 5.73 Å². The van der Waals surface area contributed by atoms with E-state index in [0.29, 0.717) is 10.6 Å². The molecule has 0 aromatic heterocycles. The zero-order valence-electron chi connectivity index (χ0n) is 8.85. The number of halogens is 3. The fourth-order valence-corrected chi connectivity index (χ4v) is 2.17. The van der Waals surface area contributed by atoms with E-state index in [0.717, 1.165) is 12.8 Å². The second kappa shape index (κ2) is 4.30. The molecule has 1 unspecified atom stereocenters. The first-order chi connectivity index (χ1) is 7.55. The van der Waals surface area contributed by atoms with Crippen molar-refractivity contribution in [3.8, 4) is 0 Å². The van der Waals surface area contributed by atoms with Crippen LogP contribution >= 0.6 is 11.6 Å². The number of hydrogen-bond acceptors (Lipinski definition) is 1. The molecule has 0 radical (unpaired) electrons. The number of alkyl halides is 1. The average molecular weight is 246 g/mol. The molecule has 1 aromatic rings. The summed E-state index contributed by atoms with van der Waals surface area (Å²) < 4.78 is 27.8. The molecule has 4 heteroatoms. The molecule has 0 bridgehead atoms. The lowest BCUT2D eigenvalue weighted by Gasteiger charge is -2.23. The maximum absolute atomic E-state index is 14.4. The molecule has 1 aromatic carbocycles. The van der Waals surface area contributed by atoms with Gasteiger partial charge in [-0.3, -0.25) is 0 Å². The molecule has 0 spiro atoms. The lowest BCUT2D eigenvalue weighted by molar-refractivity contribution is 0.141. The third-order valence-corrected chi connectivity index (χ3v) is 3.38.